The van der Waals surface area contributed by atoms with E-state index in [4.69, 9.17) is 9.84 Å². The Kier molecular flexibility index (Phi) is 8.09. The van der Waals surface area contributed by atoms with Gasteiger partial charge in [0.2, 0.25) is 5.91 Å². The molecule has 2 unspecified atom stereocenters. The molecule has 0 saturated carbocycles. The van der Waals surface area contributed by atoms with Gasteiger partial charge in [-0.25, -0.2) is 4.79 Å². The second-order valence-electron chi connectivity index (χ2n) is 8.97. The fourth-order valence-corrected chi connectivity index (χ4v) is 4.16. The van der Waals surface area contributed by atoms with E-state index >= 15 is 0 Å². The summed E-state index contributed by atoms with van der Waals surface area (Å²) in [6, 6.07) is 15.5. The van der Waals surface area contributed by atoms with Crippen molar-refractivity contribution in [2.24, 2.45) is 11.8 Å². The standard InChI is InChI=1S/C26H32N2O5/c1-16(2)24(25(31)27-14-17(3)12-13-23(29)30)28-26(32)33-15-22-20-10-6-4-8-18(20)19-9-5-7-11-21(19)22/h4-11,16-17,22,24H,12-15H2,1-3H3,(H,27,31)(H,28,32)(H,29,30). The Bertz CT molecular complexity index is 958. The van der Waals surface area contributed by atoms with Gasteiger partial charge < -0.3 is 20.5 Å². The summed E-state index contributed by atoms with van der Waals surface area (Å²) in [5, 5.41) is 14.3. The minimum absolute atomic E-state index is 0.0207. The van der Waals surface area contributed by atoms with E-state index in [9.17, 15) is 14.4 Å². The summed E-state index contributed by atoms with van der Waals surface area (Å²) in [6.07, 6.45) is -0.102. The number of benzene rings is 2. The van der Waals surface area contributed by atoms with Crippen LogP contribution in [0.5, 0.6) is 0 Å². The molecule has 0 heterocycles. The van der Waals surface area contributed by atoms with Gasteiger partial charge in [0.25, 0.3) is 0 Å². The highest BCUT2D eigenvalue weighted by atomic mass is 16.5. The number of carboxylic acid groups (broad SMARTS) is 1. The number of hydrogen-bond acceptors (Lipinski definition) is 4. The summed E-state index contributed by atoms with van der Waals surface area (Å²) < 4.78 is 5.57. The van der Waals surface area contributed by atoms with Crippen LogP contribution in [-0.2, 0) is 14.3 Å². The van der Waals surface area contributed by atoms with Crippen molar-refractivity contribution in [1.82, 2.24) is 10.6 Å². The predicted octanol–water partition coefficient (Wildman–Crippen LogP) is 4.17. The van der Waals surface area contributed by atoms with E-state index in [1.165, 1.54) is 0 Å². The number of nitrogens with one attached hydrogen (secondary N) is 2. The predicted molar refractivity (Wildman–Crippen MR) is 126 cm³/mol. The number of carbonyl (C=O) groups excluding carboxylic acids is 2. The zero-order valence-corrected chi connectivity index (χ0v) is 19.3. The molecule has 176 valence electrons. The van der Waals surface area contributed by atoms with Crippen LogP contribution in [0.3, 0.4) is 0 Å². The Balaban J connectivity index is 1.56. The van der Waals surface area contributed by atoms with E-state index in [1.807, 2.05) is 45.0 Å². The lowest BCUT2D eigenvalue weighted by Crippen LogP contribution is -2.50. The first-order valence-electron chi connectivity index (χ1n) is 11.4. The maximum absolute atomic E-state index is 12.7. The first-order chi connectivity index (χ1) is 15.8. The van der Waals surface area contributed by atoms with E-state index in [2.05, 4.69) is 34.9 Å². The molecule has 1 aliphatic rings. The van der Waals surface area contributed by atoms with Crippen LogP contribution in [0, 0.1) is 11.8 Å². The summed E-state index contributed by atoms with van der Waals surface area (Å²) in [7, 11) is 0. The Morgan fingerprint density at radius 1 is 0.970 bits per heavy atom. The highest BCUT2D eigenvalue weighted by Crippen LogP contribution is 2.44. The van der Waals surface area contributed by atoms with Crippen molar-refractivity contribution in [2.45, 2.75) is 45.6 Å². The molecule has 0 bridgehead atoms. The second-order valence-corrected chi connectivity index (χ2v) is 8.97. The van der Waals surface area contributed by atoms with Gasteiger partial charge >= 0.3 is 12.1 Å². The molecule has 0 spiro atoms. The molecule has 0 fully saturated rings. The average Bonchev–Trinajstić information content (AvgIpc) is 3.11. The van der Waals surface area contributed by atoms with Gasteiger partial charge in [0.15, 0.2) is 0 Å². The second kappa shape index (κ2) is 11.0. The lowest BCUT2D eigenvalue weighted by atomic mass is 9.98. The van der Waals surface area contributed by atoms with E-state index < -0.39 is 18.1 Å². The number of alkyl carbamates (subject to hydrolysis) is 1. The first-order valence-corrected chi connectivity index (χ1v) is 11.4. The molecule has 0 radical (unpaired) electrons. The first kappa shape index (κ1) is 24.3. The van der Waals surface area contributed by atoms with Gasteiger partial charge in [-0.3, -0.25) is 9.59 Å². The van der Waals surface area contributed by atoms with Crippen LogP contribution in [0.1, 0.15) is 50.7 Å². The van der Waals surface area contributed by atoms with Crippen LogP contribution in [0.4, 0.5) is 4.79 Å². The van der Waals surface area contributed by atoms with Crippen LogP contribution >= 0.6 is 0 Å². The summed E-state index contributed by atoms with van der Waals surface area (Å²) >= 11 is 0. The molecule has 0 saturated heterocycles. The minimum atomic E-state index is -0.856. The molecule has 7 heteroatoms. The monoisotopic (exact) mass is 452 g/mol. The molecule has 2 aromatic carbocycles. The van der Waals surface area contributed by atoms with Crippen molar-refractivity contribution in [2.75, 3.05) is 13.2 Å². The lowest BCUT2D eigenvalue weighted by Gasteiger charge is -2.23. The van der Waals surface area contributed by atoms with Crippen LogP contribution in [0.15, 0.2) is 48.5 Å². The zero-order valence-electron chi connectivity index (χ0n) is 19.3. The van der Waals surface area contributed by atoms with Crippen molar-refractivity contribution in [3.8, 4) is 11.1 Å². The average molecular weight is 453 g/mol. The third-order valence-electron chi connectivity index (χ3n) is 6.04. The third-order valence-corrected chi connectivity index (χ3v) is 6.04. The smallest absolute Gasteiger partial charge is 0.407 e. The maximum Gasteiger partial charge on any atom is 0.407 e. The number of fused-ring (bicyclic) bond motifs is 3. The zero-order chi connectivity index (χ0) is 24.0. The highest BCUT2D eigenvalue weighted by Gasteiger charge is 2.30. The molecule has 3 N–H and O–H groups in total. The maximum atomic E-state index is 12.7. The number of carboxylic acids is 1. The molecular formula is C26H32N2O5. The summed E-state index contributed by atoms with van der Waals surface area (Å²) in [6.45, 7) is 6.11. The molecule has 1 aliphatic carbocycles. The molecule has 0 aromatic heterocycles. The van der Waals surface area contributed by atoms with Crippen LogP contribution in [-0.4, -0.2) is 42.3 Å². The van der Waals surface area contributed by atoms with Crippen molar-refractivity contribution in [3.63, 3.8) is 0 Å². The van der Waals surface area contributed by atoms with Gasteiger partial charge in [0.1, 0.15) is 12.6 Å². The Morgan fingerprint density at radius 2 is 1.55 bits per heavy atom. The van der Waals surface area contributed by atoms with E-state index in [-0.39, 0.29) is 36.7 Å². The molecule has 33 heavy (non-hydrogen) atoms. The number of carbonyl (C=O) groups is 3. The molecular weight excluding hydrogens is 420 g/mol. The molecule has 7 nitrogen and oxygen atoms in total. The summed E-state index contributed by atoms with van der Waals surface area (Å²) in [4.78, 5) is 35.9. The van der Waals surface area contributed by atoms with Crippen LogP contribution < -0.4 is 10.6 Å². The molecule has 2 atom stereocenters. The molecule has 2 amide bonds. The fraction of sp³-hybridized carbons (Fsp3) is 0.423. The quantitative estimate of drug-likeness (QED) is 0.502. The van der Waals surface area contributed by atoms with Crippen LogP contribution in [0.2, 0.25) is 0 Å². The Morgan fingerprint density at radius 3 is 2.09 bits per heavy atom. The molecule has 0 aliphatic heterocycles. The number of rotatable bonds is 10. The summed E-state index contributed by atoms with van der Waals surface area (Å²) in [5.74, 6) is -1.33. The van der Waals surface area contributed by atoms with E-state index in [0.717, 1.165) is 22.3 Å². The van der Waals surface area contributed by atoms with Gasteiger partial charge in [-0.05, 0) is 40.5 Å². The van der Waals surface area contributed by atoms with Crippen LogP contribution in [0.25, 0.3) is 11.1 Å². The summed E-state index contributed by atoms with van der Waals surface area (Å²) in [5.41, 5.74) is 4.55. The Hall–Kier alpha value is -3.35. The normalized spacial score (nSPS) is 14.2. The Labute approximate surface area is 194 Å². The molecule has 3 rings (SSSR count). The van der Waals surface area contributed by atoms with Gasteiger partial charge in [0, 0.05) is 18.9 Å². The fourth-order valence-electron chi connectivity index (χ4n) is 4.16. The third kappa shape index (κ3) is 6.12. The lowest BCUT2D eigenvalue weighted by molar-refractivity contribution is -0.137. The number of aliphatic carboxylic acids is 1. The van der Waals surface area contributed by atoms with Crippen molar-refractivity contribution < 1.29 is 24.2 Å². The van der Waals surface area contributed by atoms with Crippen molar-refractivity contribution >= 4 is 18.0 Å². The van der Waals surface area contributed by atoms with Crippen molar-refractivity contribution in [3.05, 3.63) is 59.7 Å². The topological polar surface area (TPSA) is 105 Å². The number of ether oxygens (including phenoxy) is 1. The highest BCUT2D eigenvalue weighted by molar-refractivity contribution is 5.86. The van der Waals surface area contributed by atoms with Gasteiger partial charge in [0.05, 0.1) is 0 Å². The number of hydrogen-bond donors (Lipinski definition) is 3. The molecule has 2 aromatic rings. The van der Waals surface area contributed by atoms with Gasteiger partial charge in [-0.15, -0.1) is 0 Å². The van der Waals surface area contributed by atoms with Gasteiger partial charge in [-0.2, -0.15) is 0 Å². The van der Waals surface area contributed by atoms with E-state index in [0.29, 0.717) is 13.0 Å². The number of amides is 2. The minimum Gasteiger partial charge on any atom is -0.481 e. The SMILES string of the molecule is CC(CCC(=O)O)CNC(=O)C(NC(=O)OCC1c2ccccc2-c2ccccc21)C(C)C. The van der Waals surface area contributed by atoms with E-state index in [1.54, 1.807) is 0 Å². The van der Waals surface area contributed by atoms with Gasteiger partial charge in [-0.1, -0.05) is 69.3 Å². The van der Waals surface area contributed by atoms with Crippen molar-refractivity contribution in [1.29, 1.82) is 0 Å². The largest absolute Gasteiger partial charge is 0.481 e.